The van der Waals surface area contributed by atoms with Crippen molar-refractivity contribution in [3.8, 4) is 10.4 Å². The summed E-state index contributed by atoms with van der Waals surface area (Å²) in [4.78, 5) is 87.1. The first-order chi connectivity index (χ1) is 35.8. The van der Waals surface area contributed by atoms with Crippen molar-refractivity contribution in [1.82, 2.24) is 40.1 Å². The number of amides is 3. The molecule has 5 heterocycles. The van der Waals surface area contributed by atoms with Crippen LogP contribution >= 0.6 is 11.3 Å². The number of nitrogens with one attached hydrogen (secondary N) is 2. The molecule has 17 heteroatoms. The molecule has 0 radical (unpaired) electrons. The highest BCUT2D eigenvalue weighted by molar-refractivity contribution is 7.13. The predicted octanol–water partition coefficient (Wildman–Crippen LogP) is 8.53. The number of thiazole rings is 1. The number of nitrogens with zero attached hydrogens (tertiary/aromatic N) is 8. The lowest BCUT2D eigenvalue weighted by molar-refractivity contribution is -0.146. The van der Waals surface area contributed by atoms with E-state index in [0.717, 1.165) is 72.8 Å². The summed E-state index contributed by atoms with van der Waals surface area (Å²) in [5.41, 5.74) is 11.2. The van der Waals surface area contributed by atoms with Crippen molar-refractivity contribution in [3.63, 3.8) is 0 Å². The van der Waals surface area contributed by atoms with Gasteiger partial charge in [-0.2, -0.15) is 0 Å². The number of anilines is 1. The van der Waals surface area contributed by atoms with E-state index in [0.29, 0.717) is 69.7 Å². The summed E-state index contributed by atoms with van der Waals surface area (Å²) < 4.78 is 1.72. The molecular weight excluding hydrogens is 965 g/mol. The molecule has 1 aliphatic carbocycles. The zero-order chi connectivity index (χ0) is 53.3. The Labute approximate surface area is 442 Å². The topological polar surface area (TPSA) is 191 Å². The fourth-order valence-electron chi connectivity index (χ4n) is 11.2. The van der Waals surface area contributed by atoms with E-state index in [4.69, 9.17) is 6.57 Å². The summed E-state index contributed by atoms with van der Waals surface area (Å²) in [7, 11) is 0. The fourth-order valence-corrected chi connectivity index (χ4v) is 12.0. The largest absolute Gasteiger partial charge is 0.391 e. The van der Waals surface area contributed by atoms with Gasteiger partial charge in [0.05, 0.1) is 40.0 Å². The van der Waals surface area contributed by atoms with Crippen LogP contribution in [-0.4, -0.2) is 114 Å². The second kappa shape index (κ2) is 21.7. The number of carbonyl (C=O) groups is 5. The molecule has 16 nitrogen and oxygen atoms in total. The Morgan fingerprint density at radius 1 is 1.01 bits per heavy atom. The molecular formula is C58H68N10O6S. The number of hydrogen-bond donors (Lipinski definition) is 3. The Kier molecular flexibility index (Phi) is 15.3. The number of rotatable bonds is 17. The second-order valence-corrected chi connectivity index (χ2v) is 22.9. The number of ketones is 2. The summed E-state index contributed by atoms with van der Waals surface area (Å²) in [5, 5.41) is 23.1. The summed E-state index contributed by atoms with van der Waals surface area (Å²) in [5.74, 6) is -1.27. The maximum absolute atomic E-state index is 14.2. The molecule has 3 aliphatic rings. The monoisotopic (exact) mass is 1030 g/mol. The Morgan fingerprint density at radius 3 is 2.47 bits per heavy atom. The number of hydrogen-bond acceptors (Lipinski definition) is 11. The molecule has 0 unspecified atom stereocenters. The number of fused-ring (bicyclic) bond motifs is 4. The van der Waals surface area contributed by atoms with E-state index >= 15 is 0 Å². The average molecular weight is 1030 g/mol. The summed E-state index contributed by atoms with van der Waals surface area (Å²) >= 11 is 1.58. The van der Waals surface area contributed by atoms with Crippen LogP contribution in [0.15, 0.2) is 66.3 Å². The Balaban J connectivity index is 0.718. The minimum absolute atomic E-state index is 0.00141. The van der Waals surface area contributed by atoms with E-state index in [1.807, 2.05) is 80.7 Å². The molecule has 2 fully saturated rings. The van der Waals surface area contributed by atoms with Crippen LogP contribution in [0.1, 0.15) is 130 Å². The van der Waals surface area contributed by atoms with E-state index in [9.17, 15) is 29.1 Å². The number of benzene rings is 3. The molecule has 2 saturated heterocycles. The maximum atomic E-state index is 14.2. The number of Topliss-reactive ketones (excluding diaryl/α,β-unsaturated/α-hetero) is 1. The number of likely N-dealkylation sites (tertiary alicyclic amines) is 1. The van der Waals surface area contributed by atoms with Crippen LogP contribution in [0.2, 0.25) is 0 Å². The van der Waals surface area contributed by atoms with E-state index in [-0.39, 0.29) is 61.6 Å². The van der Waals surface area contributed by atoms with Gasteiger partial charge in [-0.3, -0.25) is 28.7 Å². The van der Waals surface area contributed by atoms with Crippen molar-refractivity contribution in [3.05, 3.63) is 123 Å². The van der Waals surface area contributed by atoms with Gasteiger partial charge < -0.3 is 30.1 Å². The Bertz CT molecular complexity index is 3180. The summed E-state index contributed by atoms with van der Waals surface area (Å²) in [6.07, 6.45) is 4.29. The molecule has 2 aliphatic heterocycles. The summed E-state index contributed by atoms with van der Waals surface area (Å²) in [6, 6.07) is 16.8. The van der Waals surface area contributed by atoms with Crippen LogP contribution in [0.3, 0.4) is 0 Å². The average Bonchev–Trinajstić information content (AvgIpc) is 4.24. The lowest BCUT2D eigenvalue weighted by atomic mass is 9.70. The minimum atomic E-state index is -0.843. The first-order valence-corrected chi connectivity index (χ1v) is 27.2. The van der Waals surface area contributed by atoms with Crippen LogP contribution in [0.25, 0.3) is 26.2 Å². The molecule has 6 aromatic rings. The van der Waals surface area contributed by atoms with Gasteiger partial charge in [-0.1, -0.05) is 83.2 Å². The molecule has 392 valence electrons. The number of aliphatic hydroxyl groups is 1. The van der Waals surface area contributed by atoms with Gasteiger partial charge in [0.25, 0.3) is 0 Å². The molecule has 9 rings (SSSR count). The first-order valence-electron chi connectivity index (χ1n) is 26.3. The van der Waals surface area contributed by atoms with E-state index in [1.165, 1.54) is 4.90 Å². The molecule has 3 aromatic heterocycles. The lowest BCUT2D eigenvalue weighted by Crippen LogP contribution is -2.50. The van der Waals surface area contributed by atoms with Gasteiger partial charge in [0.1, 0.15) is 11.8 Å². The number of aliphatic hydroxyl groups excluding tert-OH is 1. The molecule has 3 N–H and O–H groups in total. The molecule has 75 heavy (non-hydrogen) atoms. The van der Waals surface area contributed by atoms with Crippen molar-refractivity contribution in [2.45, 2.75) is 130 Å². The predicted molar refractivity (Wildman–Crippen MR) is 290 cm³/mol. The fraction of sp³-hybridized carbons (Fsp3) is 0.466. The summed E-state index contributed by atoms with van der Waals surface area (Å²) in [6.45, 7) is 24.9. The van der Waals surface area contributed by atoms with Crippen molar-refractivity contribution in [2.24, 2.45) is 11.3 Å². The van der Waals surface area contributed by atoms with Crippen molar-refractivity contribution in [2.75, 3.05) is 37.6 Å². The molecule has 0 saturated carbocycles. The Hall–Kier alpha value is -7.03. The number of aromatic nitrogens is 5. The van der Waals surface area contributed by atoms with Crippen LogP contribution in [0.5, 0.6) is 0 Å². The third-order valence-corrected chi connectivity index (χ3v) is 16.6. The molecule has 3 amide bonds. The molecule has 0 bridgehead atoms. The number of aryl methyl sites for hydroxylation is 4. The highest BCUT2D eigenvalue weighted by Gasteiger charge is 2.45. The number of β-amino-alcohol motifs (C(OH)–C–C–N with tert-alkyl or cyclic N) is 1. The van der Waals surface area contributed by atoms with Crippen molar-refractivity contribution < 1.29 is 29.1 Å². The Morgan fingerprint density at radius 2 is 1.77 bits per heavy atom. The first kappa shape index (κ1) is 52.8. The third-order valence-electron chi connectivity index (χ3n) is 15.6. The highest BCUT2D eigenvalue weighted by atomic mass is 32.1. The van der Waals surface area contributed by atoms with Crippen LogP contribution in [0.4, 0.5) is 11.4 Å². The SMILES string of the molecule is [C-]#[N+]c1ccc2c3c([nH]c2c1)C(C)(C)c1cc(N2CCN(C(=O)CCCc4cn(CCCC(=O)C[C@H](C(=O)N5C[C@H](O)C[C@H]5C(=O)NCc5ccc(-c6scnc6C)cc5)C(C)(C)C)nn4)CC2)c(CC)cc1C3=O. The zero-order valence-corrected chi connectivity index (χ0v) is 45.0. The normalized spacial score (nSPS) is 17.7. The van der Waals surface area contributed by atoms with Gasteiger partial charge in [0.2, 0.25) is 17.7 Å². The minimum Gasteiger partial charge on any atom is -0.391 e. The van der Waals surface area contributed by atoms with Gasteiger partial charge in [-0.05, 0) is 78.5 Å². The van der Waals surface area contributed by atoms with Crippen LogP contribution < -0.4 is 10.2 Å². The molecule has 0 spiro atoms. The van der Waals surface area contributed by atoms with Gasteiger partial charge in [0.15, 0.2) is 11.5 Å². The molecule has 3 aromatic carbocycles. The smallest absolute Gasteiger partial charge is 0.243 e. The van der Waals surface area contributed by atoms with Crippen molar-refractivity contribution >= 4 is 62.9 Å². The lowest BCUT2D eigenvalue weighted by Gasteiger charge is -2.39. The van der Waals surface area contributed by atoms with E-state index < -0.39 is 28.9 Å². The van der Waals surface area contributed by atoms with Crippen LogP contribution in [-0.2, 0) is 50.5 Å². The van der Waals surface area contributed by atoms with Crippen LogP contribution in [0, 0.1) is 24.8 Å². The second-order valence-electron chi connectivity index (χ2n) is 22.1. The maximum Gasteiger partial charge on any atom is 0.243 e. The van der Waals surface area contributed by atoms with Gasteiger partial charge in [0, 0.05) is 117 Å². The van der Waals surface area contributed by atoms with Crippen molar-refractivity contribution in [1.29, 1.82) is 0 Å². The quantitative estimate of drug-likeness (QED) is 0.0747. The van der Waals surface area contributed by atoms with Gasteiger partial charge in [-0.15, -0.1) is 16.4 Å². The number of aromatic amines is 1. The third kappa shape index (κ3) is 11.0. The standard InChI is InChI=1S/C58H68N10O6S/c1-9-37-26-44-45(58(6,7)54-51(52(44)72)43-20-19-39(59-8)27-47(43)62-54)30-48(37)65-22-24-66(25-23-65)50(71)14-10-12-40-32-67(64-63-40)21-11-13-41(69)28-46(57(3,4)5)56(74)68-33-42(70)29-49(68)55(73)60-31-36-15-17-38(18-16-36)53-35(2)61-34-75-53/h15-20,26-27,30,32,34,42,46,49,62,70H,9-14,21-25,28-29,31,33H2,1-7H3,(H,60,73)/t42-,46-,49+/m1/s1. The van der Waals surface area contributed by atoms with Gasteiger partial charge in [-0.25, -0.2) is 9.83 Å². The number of H-pyrrole nitrogens is 1. The van der Waals surface area contributed by atoms with E-state index in [1.54, 1.807) is 22.1 Å². The number of carbonyl (C=O) groups excluding carboxylic acids is 5. The van der Waals surface area contributed by atoms with E-state index in [2.05, 4.69) is 68.2 Å². The zero-order valence-electron chi connectivity index (χ0n) is 44.2. The highest BCUT2D eigenvalue weighted by Crippen LogP contribution is 2.46. The van der Waals surface area contributed by atoms with Gasteiger partial charge >= 0.3 is 0 Å². The molecule has 3 atom stereocenters. The number of piperazine rings is 1.